The van der Waals surface area contributed by atoms with Crippen molar-refractivity contribution in [3.63, 3.8) is 0 Å². The maximum atomic E-state index is 12.2. The Kier molecular flexibility index (Phi) is 7.61. The van der Waals surface area contributed by atoms with E-state index in [4.69, 9.17) is 20.9 Å². The molecular weight excluding hydrogens is 558 g/mol. The van der Waals surface area contributed by atoms with Crippen molar-refractivity contribution < 1.29 is 14.3 Å². The van der Waals surface area contributed by atoms with Gasteiger partial charge in [-0.05, 0) is 63.9 Å². The lowest BCUT2D eigenvalue weighted by molar-refractivity contribution is 0.0497. The number of aryl methyl sites for hydroxylation is 1. The summed E-state index contributed by atoms with van der Waals surface area (Å²) in [5, 5.41) is 6.29. The number of nitrogens with one attached hydrogen (secondary N) is 2. The van der Waals surface area contributed by atoms with Crippen molar-refractivity contribution in [2.45, 2.75) is 45.3 Å². The molecule has 12 nitrogen and oxygen atoms in total. The molecule has 0 unspecified atom stereocenters. The fourth-order valence-corrected chi connectivity index (χ4v) is 5.04. The van der Waals surface area contributed by atoms with Crippen LogP contribution in [0.5, 0.6) is 11.5 Å². The Bertz CT molecular complexity index is 1880. The van der Waals surface area contributed by atoms with E-state index in [1.807, 2.05) is 68.8 Å². The zero-order valence-corrected chi connectivity index (χ0v) is 25.0. The van der Waals surface area contributed by atoms with Crippen LogP contribution in [-0.2, 0) is 11.8 Å². The maximum Gasteiger partial charge on any atom is 0.407 e. The first-order chi connectivity index (χ1) is 21.1. The Morgan fingerprint density at radius 2 is 1.86 bits per heavy atom. The predicted molar refractivity (Wildman–Crippen MR) is 168 cm³/mol. The van der Waals surface area contributed by atoms with E-state index in [2.05, 4.69) is 41.4 Å². The van der Waals surface area contributed by atoms with Crippen LogP contribution in [0.25, 0.3) is 22.1 Å². The predicted octanol–water partition coefficient (Wildman–Crippen LogP) is 5.32. The molecule has 1 aliphatic rings. The highest BCUT2D eigenvalue weighted by Crippen LogP contribution is 2.31. The molecule has 0 saturated carbocycles. The minimum absolute atomic E-state index is 0.0253. The number of nitrogens with zero attached hydrogens (tertiary/aromatic N) is 7. The lowest BCUT2D eigenvalue weighted by Gasteiger charge is -2.32. The number of terminal acetylenes is 1. The molecule has 224 valence electrons. The minimum atomic E-state index is -0.536. The molecule has 5 aromatic rings. The molecule has 6 rings (SSSR count). The van der Waals surface area contributed by atoms with E-state index in [0.29, 0.717) is 53.0 Å². The first-order valence-corrected chi connectivity index (χ1v) is 14.3. The summed E-state index contributed by atoms with van der Waals surface area (Å²) in [5.74, 6) is 5.01. The molecule has 0 bridgehead atoms. The van der Waals surface area contributed by atoms with Gasteiger partial charge in [-0.3, -0.25) is 0 Å². The van der Waals surface area contributed by atoms with Crippen LogP contribution in [-0.4, -0.2) is 60.3 Å². The van der Waals surface area contributed by atoms with Gasteiger partial charge in [0.15, 0.2) is 5.82 Å². The molecule has 2 aromatic carbocycles. The molecule has 4 heterocycles. The number of alkyl carbamates (subject to hydrolysis) is 1. The SMILES string of the molecule is C#Cc1cc(Nc2ncnc3cnc(N4CCC(NC(=O)OC(C)(C)C)CC4)nc23)ccc1Oc1ccc2c(c1)ncn2C. The number of piperidine rings is 1. The van der Waals surface area contributed by atoms with Crippen LogP contribution in [0.3, 0.4) is 0 Å². The van der Waals surface area contributed by atoms with E-state index >= 15 is 0 Å². The Morgan fingerprint density at radius 1 is 1.05 bits per heavy atom. The summed E-state index contributed by atoms with van der Waals surface area (Å²) >= 11 is 0. The molecule has 1 amide bonds. The fraction of sp³-hybridized carbons (Fsp3) is 0.312. The monoisotopic (exact) mass is 591 g/mol. The molecule has 1 fully saturated rings. The average Bonchev–Trinajstić information content (AvgIpc) is 3.37. The number of ether oxygens (including phenoxy) is 2. The van der Waals surface area contributed by atoms with Crippen molar-refractivity contribution in [2.75, 3.05) is 23.3 Å². The number of aromatic nitrogens is 6. The van der Waals surface area contributed by atoms with Gasteiger partial charge in [0.2, 0.25) is 5.95 Å². The normalized spacial score (nSPS) is 13.9. The largest absolute Gasteiger partial charge is 0.456 e. The van der Waals surface area contributed by atoms with Crippen molar-refractivity contribution in [3.05, 3.63) is 60.8 Å². The summed E-state index contributed by atoms with van der Waals surface area (Å²) < 4.78 is 13.5. The fourth-order valence-electron chi connectivity index (χ4n) is 5.04. The molecule has 2 N–H and O–H groups in total. The van der Waals surface area contributed by atoms with Gasteiger partial charge in [-0.1, -0.05) is 5.92 Å². The van der Waals surface area contributed by atoms with Gasteiger partial charge in [-0.15, -0.1) is 6.42 Å². The lowest BCUT2D eigenvalue weighted by Crippen LogP contribution is -2.46. The number of fused-ring (bicyclic) bond motifs is 2. The molecule has 1 saturated heterocycles. The van der Waals surface area contributed by atoms with Crippen LogP contribution >= 0.6 is 0 Å². The number of amides is 1. The smallest absolute Gasteiger partial charge is 0.407 e. The average molecular weight is 592 g/mol. The summed E-state index contributed by atoms with van der Waals surface area (Å²) in [6.45, 7) is 6.91. The van der Waals surface area contributed by atoms with Crippen LogP contribution in [0.4, 0.5) is 22.2 Å². The van der Waals surface area contributed by atoms with Crippen molar-refractivity contribution in [1.29, 1.82) is 0 Å². The topological polar surface area (TPSA) is 132 Å². The number of imidazole rings is 1. The number of anilines is 3. The summed E-state index contributed by atoms with van der Waals surface area (Å²) in [7, 11) is 1.95. The standard InChI is InChI=1S/C32H33N9O3/c1-6-20-15-22(7-10-27(20)43-23-8-9-26-24(16-23)36-19-40(26)5)37-29-28-25(34-18-35-29)17-33-30(39-28)41-13-11-21(12-14-41)38-31(42)44-32(2,3)4/h1,7-10,15-19,21H,11-14H2,2-5H3,(H,38,42)(H,34,35,37). The van der Waals surface area contributed by atoms with Gasteiger partial charge in [0, 0.05) is 37.9 Å². The lowest BCUT2D eigenvalue weighted by atomic mass is 10.1. The Hall–Kier alpha value is -5.44. The summed E-state index contributed by atoms with van der Waals surface area (Å²) in [6, 6.07) is 11.3. The highest BCUT2D eigenvalue weighted by molar-refractivity contribution is 5.87. The van der Waals surface area contributed by atoms with E-state index < -0.39 is 11.7 Å². The van der Waals surface area contributed by atoms with E-state index in [0.717, 1.165) is 29.6 Å². The van der Waals surface area contributed by atoms with Gasteiger partial charge < -0.3 is 29.6 Å². The summed E-state index contributed by atoms with van der Waals surface area (Å²) in [5.41, 5.74) is 3.80. The van der Waals surface area contributed by atoms with Crippen LogP contribution in [0.1, 0.15) is 39.2 Å². The highest BCUT2D eigenvalue weighted by Gasteiger charge is 2.25. The van der Waals surface area contributed by atoms with Gasteiger partial charge in [0.1, 0.15) is 34.5 Å². The molecule has 0 atom stereocenters. The van der Waals surface area contributed by atoms with Gasteiger partial charge in [0.25, 0.3) is 0 Å². The van der Waals surface area contributed by atoms with E-state index in [-0.39, 0.29) is 6.04 Å². The van der Waals surface area contributed by atoms with Crippen molar-refractivity contribution in [2.24, 2.45) is 7.05 Å². The first kappa shape index (κ1) is 28.7. The third kappa shape index (κ3) is 6.32. The van der Waals surface area contributed by atoms with Crippen LogP contribution < -0.4 is 20.3 Å². The number of hydrogen-bond donors (Lipinski definition) is 2. The molecule has 0 aliphatic carbocycles. The van der Waals surface area contributed by atoms with Crippen molar-refractivity contribution in [1.82, 2.24) is 34.8 Å². The molecule has 1 aliphatic heterocycles. The summed E-state index contributed by atoms with van der Waals surface area (Å²) in [6.07, 6.45) is 11.9. The molecule has 12 heteroatoms. The number of carbonyl (C=O) groups excluding carboxylic acids is 1. The molecule has 3 aromatic heterocycles. The summed E-state index contributed by atoms with van der Waals surface area (Å²) in [4.78, 5) is 36.8. The van der Waals surface area contributed by atoms with Crippen molar-refractivity contribution >= 4 is 45.6 Å². The van der Waals surface area contributed by atoms with Crippen LogP contribution in [0.2, 0.25) is 0 Å². The molecule has 44 heavy (non-hydrogen) atoms. The molecular formula is C32H33N9O3. The van der Waals surface area contributed by atoms with Gasteiger partial charge in [-0.25, -0.2) is 29.7 Å². The number of hydrogen-bond acceptors (Lipinski definition) is 10. The third-order valence-electron chi connectivity index (χ3n) is 7.19. The van der Waals surface area contributed by atoms with Gasteiger partial charge >= 0.3 is 6.09 Å². The zero-order chi connectivity index (χ0) is 30.8. The third-order valence-corrected chi connectivity index (χ3v) is 7.19. The van der Waals surface area contributed by atoms with Crippen molar-refractivity contribution in [3.8, 4) is 23.8 Å². The highest BCUT2D eigenvalue weighted by atomic mass is 16.6. The number of benzene rings is 2. The molecule has 0 spiro atoms. The van der Waals surface area contributed by atoms with Gasteiger partial charge in [0.05, 0.1) is 29.1 Å². The quantitative estimate of drug-likeness (QED) is 0.250. The Balaban J connectivity index is 1.16. The van der Waals surface area contributed by atoms with Gasteiger partial charge in [-0.2, -0.15) is 0 Å². The van der Waals surface area contributed by atoms with Crippen LogP contribution in [0, 0.1) is 12.3 Å². The number of rotatable bonds is 6. The molecule has 0 radical (unpaired) electrons. The second kappa shape index (κ2) is 11.7. The van der Waals surface area contributed by atoms with Crippen LogP contribution in [0.15, 0.2) is 55.2 Å². The zero-order valence-electron chi connectivity index (χ0n) is 25.0. The van der Waals surface area contributed by atoms with E-state index in [1.54, 1.807) is 12.5 Å². The maximum absolute atomic E-state index is 12.2. The second-order valence-corrected chi connectivity index (χ2v) is 11.6. The Labute approximate surface area is 254 Å². The first-order valence-electron chi connectivity index (χ1n) is 14.3. The van der Waals surface area contributed by atoms with E-state index in [9.17, 15) is 4.79 Å². The number of carbonyl (C=O) groups is 1. The van der Waals surface area contributed by atoms with E-state index in [1.165, 1.54) is 6.33 Å². The Morgan fingerprint density at radius 3 is 2.64 bits per heavy atom. The minimum Gasteiger partial charge on any atom is -0.456 e. The second-order valence-electron chi connectivity index (χ2n) is 11.6.